The number of thioether (sulfide) groups is 1. The van der Waals surface area contributed by atoms with Crippen molar-refractivity contribution in [2.24, 2.45) is 0 Å². The Morgan fingerprint density at radius 3 is 2.74 bits per heavy atom. The molecule has 8 heteroatoms. The lowest BCUT2D eigenvalue weighted by Gasteiger charge is -2.10. The van der Waals surface area contributed by atoms with E-state index in [0.717, 1.165) is 11.8 Å². The fourth-order valence-electron chi connectivity index (χ4n) is 1.79. The van der Waals surface area contributed by atoms with E-state index >= 15 is 0 Å². The molecule has 0 saturated carbocycles. The maximum Gasteiger partial charge on any atom is 0.273 e. The predicted molar refractivity (Wildman–Crippen MR) is 85.4 cm³/mol. The van der Waals surface area contributed by atoms with Crippen LogP contribution in [0.3, 0.4) is 0 Å². The number of anilines is 1. The minimum Gasteiger partial charge on any atom is -0.494 e. The molecule has 1 N–H and O–H groups in total. The minimum atomic E-state index is -0.553. The van der Waals surface area contributed by atoms with E-state index < -0.39 is 10.7 Å². The first kappa shape index (κ1) is 16.8. The molecule has 0 fully saturated rings. The topological polar surface area (TPSA) is 81.5 Å². The third-order valence-corrected chi connectivity index (χ3v) is 3.91. The molecular formula is C15H13FN2O4S. The van der Waals surface area contributed by atoms with E-state index in [2.05, 4.69) is 5.32 Å². The number of nitrogens with one attached hydrogen (secondary N) is 1. The van der Waals surface area contributed by atoms with Crippen molar-refractivity contribution >= 4 is 29.0 Å². The van der Waals surface area contributed by atoms with Crippen molar-refractivity contribution in [3.05, 3.63) is 58.4 Å². The summed E-state index contributed by atoms with van der Waals surface area (Å²) in [6.07, 6.45) is 0. The highest BCUT2D eigenvalue weighted by Gasteiger charge is 2.14. The molecule has 0 aromatic heterocycles. The summed E-state index contributed by atoms with van der Waals surface area (Å²) in [5.74, 6) is -0.576. The Morgan fingerprint density at radius 1 is 1.35 bits per heavy atom. The van der Waals surface area contributed by atoms with E-state index in [-0.39, 0.29) is 23.1 Å². The van der Waals surface area contributed by atoms with Crippen LogP contribution >= 0.6 is 11.8 Å². The summed E-state index contributed by atoms with van der Waals surface area (Å²) in [7, 11) is 1.35. The highest BCUT2D eigenvalue weighted by molar-refractivity contribution is 8.00. The summed E-state index contributed by atoms with van der Waals surface area (Å²) < 4.78 is 18.5. The zero-order chi connectivity index (χ0) is 16.8. The first-order chi connectivity index (χ1) is 11.0. The number of nitrogens with zero attached hydrogens (tertiary/aromatic N) is 1. The molecule has 0 spiro atoms. The van der Waals surface area contributed by atoms with Gasteiger partial charge >= 0.3 is 0 Å². The maximum absolute atomic E-state index is 13.5. The van der Waals surface area contributed by atoms with Crippen molar-refractivity contribution in [3.8, 4) is 5.75 Å². The highest BCUT2D eigenvalue weighted by Crippen LogP contribution is 2.29. The van der Waals surface area contributed by atoms with Gasteiger partial charge in [0.25, 0.3) is 5.69 Å². The van der Waals surface area contributed by atoms with Crippen molar-refractivity contribution < 1.29 is 18.8 Å². The van der Waals surface area contributed by atoms with E-state index in [1.807, 2.05) is 0 Å². The number of benzene rings is 2. The Hall–Kier alpha value is -2.61. The fourth-order valence-corrected chi connectivity index (χ4v) is 2.53. The van der Waals surface area contributed by atoms with Crippen molar-refractivity contribution in [3.63, 3.8) is 0 Å². The van der Waals surface area contributed by atoms with Crippen LogP contribution in [0, 0.1) is 15.9 Å². The van der Waals surface area contributed by atoms with E-state index in [4.69, 9.17) is 4.74 Å². The second kappa shape index (κ2) is 7.59. The van der Waals surface area contributed by atoms with Crippen molar-refractivity contribution in [2.45, 2.75) is 4.90 Å². The van der Waals surface area contributed by atoms with Gasteiger partial charge in [-0.3, -0.25) is 14.9 Å². The lowest BCUT2D eigenvalue weighted by atomic mass is 10.2. The maximum atomic E-state index is 13.5. The van der Waals surface area contributed by atoms with Gasteiger partial charge in [0.05, 0.1) is 29.5 Å². The number of hydrogen-bond acceptors (Lipinski definition) is 5. The Labute approximate surface area is 135 Å². The number of carbonyl (C=O) groups excluding carboxylic acids is 1. The third kappa shape index (κ3) is 4.43. The van der Waals surface area contributed by atoms with Crippen LogP contribution in [-0.4, -0.2) is 23.7 Å². The summed E-state index contributed by atoms with van der Waals surface area (Å²) in [5.41, 5.74) is 0.179. The zero-order valence-electron chi connectivity index (χ0n) is 12.1. The normalized spacial score (nSPS) is 10.2. The molecule has 0 bridgehead atoms. The van der Waals surface area contributed by atoms with Crippen LogP contribution in [-0.2, 0) is 4.79 Å². The van der Waals surface area contributed by atoms with Gasteiger partial charge in [-0.2, -0.15) is 0 Å². The van der Waals surface area contributed by atoms with Gasteiger partial charge in [0.1, 0.15) is 11.6 Å². The molecule has 2 aromatic rings. The molecule has 0 aliphatic carbocycles. The molecule has 23 heavy (non-hydrogen) atoms. The number of rotatable bonds is 6. The molecule has 0 heterocycles. The molecule has 2 rings (SSSR count). The second-order valence-electron chi connectivity index (χ2n) is 4.41. The van der Waals surface area contributed by atoms with Gasteiger partial charge in [0.15, 0.2) is 0 Å². The number of nitro benzene ring substituents is 1. The number of methoxy groups -OCH3 is 1. The SMILES string of the molecule is COc1cc([N+](=O)[O-])ccc1NC(=O)CSc1ccccc1F. The first-order valence-electron chi connectivity index (χ1n) is 6.51. The number of carbonyl (C=O) groups is 1. The van der Waals surface area contributed by atoms with Gasteiger partial charge in [0.2, 0.25) is 5.91 Å². The molecule has 0 unspecified atom stereocenters. The molecule has 0 aliphatic rings. The van der Waals surface area contributed by atoms with Crippen LogP contribution in [0.2, 0.25) is 0 Å². The molecular weight excluding hydrogens is 323 g/mol. The largest absolute Gasteiger partial charge is 0.494 e. The smallest absolute Gasteiger partial charge is 0.273 e. The quantitative estimate of drug-likeness (QED) is 0.496. The molecule has 0 radical (unpaired) electrons. The van der Waals surface area contributed by atoms with Gasteiger partial charge in [-0.1, -0.05) is 12.1 Å². The second-order valence-corrected chi connectivity index (χ2v) is 5.43. The number of hydrogen-bond donors (Lipinski definition) is 1. The monoisotopic (exact) mass is 336 g/mol. The Morgan fingerprint density at radius 2 is 2.09 bits per heavy atom. The van der Waals surface area contributed by atoms with Crippen molar-refractivity contribution in [2.75, 3.05) is 18.2 Å². The van der Waals surface area contributed by atoms with E-state index in [1.165, 1.54) is 31.4 Å². The molecule has 1 amide bonds. The van der Waals surface area contributed by atoms with Gasteiger partial charge in [-0.05, 0) is 18.2 Å². The number of halogens is 1. The average Bonchev–Trinajstić information content (AvgIpc) is 2.54. The summed E-state index contributed by atoms with van der Waals surface area (Å²) >= 11 is 1.06. The van der Waals surface area contributed by atoms with Crippen LogP contribution < -0.4 is 10.1 Å². The van der Waals surface area contributed by atoms with Crippen molar-refractivity contribution in [1.29, 1.82) is 0 Å². The third-order valence-electron chi connectivity index (χ3n) is 2.87. The van der Waals surface area contributed by atoms with Crippen LogP contribution in [0.5, 0.6) is 5.75 Å². The van der Waals surface area contributed by atoms with E-state index in [1.54, 1.807) is 18.2 Å². The summed E-state index contributed by atoms with van der Waals surface area (Å²) in [6, 6.07) is 10.0. The number of non-ortho nitro benzene ring substituents is 1. The fraction of sp³-hybridized carbons (Fsp3) is 0.133. The van der Waals surface area contributed by atoms with Crippen LogP contribution in [0.25, 0.3) is 0 Å². The highest BCUT2D eigenvalue weighted by atomic mass is 32.2. The molecule has 0 aliphatic heterocycles. The van der Waals surface area contributed by atoms with Gasteiger partial charge in [-0.25, -0.2) is 4.39 Å². The van der Waals surface area contributed by atoms with E-state index in [0.29, 0.717) is 10.6 Å². The minimum absolute atomic E-state index is 0.00107. The molecule has 120 valence electrons. The van der Waals surface area contributed by atoms with Crippen LogP contribution in [0.4, 0.5) is 15.8 Å². The molecule has 2 aromatic carbocycles. The van der Waals surface area contributed by atoms with Crippen LogP contribution in [0.1, 0.15) is 0 Å². The number of nitro groups is 1. The average molecular weight is 336 g/mol. The summed E-state index contributed by atoms with van der Waals surface area (Å²) in [6.45, 7) is 0. The molecule has 0 atom stereocenters. The van der Waals surface area contributed by atoms with Gasteiger partial charge < -0.3 is 10.1 Å². The Balaban J connectivity index is 2.03. The Kier molecular flexibility index (Phi) is 5.53. The Bertz CT molecular complexity index is 739. The molecule has 0 saturated heterocycles. The zero-order valence-corrected chi connectivity index (χ0v) is 12.9. The predicted octanol–water partition coefficient (Wildman–Crippen LogP) is 3.47. The standard InChI is InChI=1S/C15H13FN2O4S/c1-22-13-8-10(18(20)21)6-7-12(13)17-15(19)9-23-14-5-3-2-4-11(14)16/h2-8H,9H2,1H3,(H,17,19). The van der Waals surface area contributed by atoms with Gasteiger partial charge in [0, 0.05) is 11.0 Å². The lowest BCUT2D eigenvalue weighted by Crippen LogP contribution is -2.14. The van der Waals surface area contributed by atoms with Crippen LogP contribution in [0.15, 0.2) is 47.4 Å². The lowest BCUT2D eigenvalue weighted by molar-refractivity contribution is -0.384. The van der Waals surface area contributed by atoms with E-state index in [9.17, 15) is 19.3 Å². The summed E-state index contributed by atoms with van der Waals surface area (Å²) in [5, 5.41) is 13.3. The van der Waals surface area contributed by atoms with Gasteiger partial charge in [-0.15, -0.1) is 11.8 Å². The molecule has 6 nitrogen and oxygen atoms in total. The number of amides is 1. The van der Waals surface area contributed by atoms with Crippen molar-refractivity contribution in [1.82, 2.24) is 0 Å². The summed E-state index contributed by atoms with van der Waals surface area (Å²) in [4.78, 5) is 22.5. The number of ether oxygens (including phenoxy) is 1. The first-order valence-corrected chi connectivity index (χ1v) is 7.49.